The van der Waals surface area contributed by atoms with Gasteiger partial charge >= 0.3 is 0 Å². The summed E-state index contributed by atoms with van der Waals surface area (Å²) in [6.45, 7) is 0.671. The zero-order chi connectivity index (χ0) is 15.2. The van der Waals surface area contributed by atoms with Crippen LogP contribution in [0, 0.1) is 11.7 Å². The zero-order valence-corrected chi connectivity index (χ0v) is 12.3. The third kappa shape index (κ3) is 3.41. The van der Waals surface area contributed by atoms with Crippen molar-refractivity contribution in [3.05, 3.63) is 29.6 Å². The Morgan fingerprint density at radius 1 is 1.24 bits per heavy atom. The van der Waals surface area contributed by atoms with Gasteiger partial charge in [-0.15, -0.1) is 0 Å². The minimum atomic E-state index is -4.03. The lowest BCUT2D eigenvalue weighted by molar-refractivity contribution is 0.0734. The predicted molar refractivity (Wildman–Crippen MR) is 74.6 cm³/mol. The smallest absolute Gasteiger partial charge is 0.254 e. The Morgan fingerprint density at radius 2 is 1.90 bits per heavy atom. The Hall–Kier alpha value is -1.47. The molecule has 0 unspecified atom stereocenters. The monoisotopic (exact) mass is 312 g/mol. The molecule has 2 aliphatic rings. The third-order valence-corrected chi connectivity index (χ3v) is 4.74. The first-order chi connectivity index (χ1) is 9.84. The Labute approximate surface area is 123 Å². The van der Waals surface area contributed by atoms with Gasteiger partial charge in [-0.2, -0.15) is 0 Å². The summed E-state index contributed by atoms with van der Waals surface area (Å²) in [6.07, 6.45) is 4.13. The highest BCUT2D eigenvalue weighted by Crippen LogP contribution is 2.35. The summed E-state index contributed by atoms with van der Waals surface area (Å²) >= 11 is 0. The fourth-order valence-corrected chi connectivity index (χ4v) is 2.95. The van der Waals surface area contributed by atoms with Gasteiger partial charge in [0.15, 0.2) is 0 Å². The standard InChI is InChI=1S/C14H17FN2O3S/c15-11-5-10(6-13(7-11)21(16,19)20)14(18)17(12-3-4-12)8-9-1-2-9/h5-7,9,12H,1-4,8H2,(H2,16,19,20). The van der Waals surface area contributed by atoms with Crippen molar-refractivity contribution in [1.82, 2.24) is 4.90 Å². The van der Waals surface area contributed by atoms with Crippen LogP contribution < -0.4 is 5.14 Å². The molecule has 0 bridgehead atoms. The second-order valence-electron chi connectivity index (χ2n) is 5.85. The number of hydrogen-bond acceptors (Lipinski definition) is 3. The Kier molecular flexibility index (Phi) is 3.49. The minimum absolute atomic E-state index is 0.0478. The first-order valence-corrected chi connectivity index (χ1v) is 8.53. The van der Waals surface area contributed by atoms with Crippen LogP contribution in [0.3, 0.4) is 0 Å². The average molecular weight is 312 g/mol. The molecule has 1 amide bonds. The average Bonchev–Trinajstić information content (AvgIpc) is 3.24. The van der Waals surface area contributed by atoms with Gasteiger partial charge in [0.25, 0.3) is 5.91 Å². The number of rotatable bonds is 5. The molecular formula is C14H17FN2O3S. The lowest BCUT2D eigenvalue weighted by Crippen LogP contribution is -2.35. The number of primary sulfonamides is 1. The Balaban J connectivity index is 1.90. The van der Waals surface area contributed by atoms with Crippen LogP contribution in [0.25, 0.3) is 0 Å². The molecule has 0 spiro atoms. The molecule has 3 rings (SSSR count). The summed E-state index contributed by atoms with van der Waals surface area (Å²) in [5, 5.41) is 5.01. The molecule has 21 heavy (non-hydrogen) atoms. The van der Waals surface area contributed by atoms with E-state index < -0.39 is 15.8 Å². The summed E-state index contributed by atoms with van der Waals surface area (Å²) in [5.41, 5.74) is 0.0478. The van der Waals surface area contributed by atoms with E-state index in [1.54, 1.807) is 4.90 Å². The highest BCUT2D eigenvalue weighted by Gasteiger charge is 2.37. The fraction of sp³-hybridized carbons (Fsp3) is 0.500. The summed E-state index contributed by atoms with van der Waals surface area (Å²) in [4.78, 5) is 13.9. The van der Waals surface area contributed by atoms with Crippen LogP contribution in [-0.2, 0) is 10.0 Å². The van der Waals surface area contributed by atoms with Crippen molar-refractivity contribution >= 4 is 15.9 Å². The lowest BCUT2D eigenvalue weighted by Gasteiger charge is -2.22. The molecule has 2 N–H and O–H groups in total. The quantitative estimate of drug-likeness (QED) is 0.894. The maximum absolute atomic E-state index is 13.6. The van der Waals surface area contributed by atoms with Crippen LogP contribution in [-0.4, -0.2) is 31.8 Å². The minimum Gasteiger partial charge on any atom is -0.335 e. The molecule has 0 aliphatic heterocycles. The number of benzene rings is 1. The lowest BCUT2D eigenvalue weighted by atomic mass is 10.2. The van der Waals surface area contributed by atoms with E-state index in [0.29, 0.717) is 12.5 Å². The highest BCUT2D eigenvalue weighted by atomic mass is 32.2. The Bertz CT molecular complexity index is 681. The molecular weight excluding hydrogens is 295 g/mol. The second-order valence-corrected chi connectivity index (χ2v) is 7.41. The largest absolute Gasteiger partial charge is 0.335 e. The van der Waals surface area contributed by atoms with E-state index in [9.17, 15) is 17.6 Å². The molecule has 1 aromatic rings. The molecule has 7 heteroatoms. The highest BCUT2D eigenvalue weighted by molar-refractivity contribution is 7.89. The molecule has 2 saturated carbocycles. The first kappa shape index (κ1) is 14.5. The molecule has 0 aromatic heterocycles. The first-order valence-electron chi connectivity index (χ1n) is 6.99. The van der Waals surface area contributed by atoms with Crippen LogP contribution in [0.1, 0.15) is 36.0 Å². The number of halogens is 1. The number of sulfonamides is 1. The number of nitrogens with zero attached hydrogens (tertiary/aromatic N) is 1. The van der Waals surface area contributed by atoms with E-state index in [-0.39, 0.29) is 22.4 Å². The topological polar surface area (TPSA) is 80.5 Å². The molecule has 2 fully saturated rings. The van der Waals surface area contributed by atoms with Gasteiger partial charge in [0.1, 0.15) is 5.82 Å². The Morgan fingerprint density at radius 3 is 2.43 bits per heavy atom. The van der Waals surface area contributed by atoms with Gasteiger partial charge in [0, 0.05) is 18.2 Å². The number of carbonyl (C=O) groups is 1. The maximum Gasteiger partial charge on any atom is 0.254 e. The molecule has 2 aliphatic carbocycles. The van der Waals surface area contributed by atoms with E-state index in [4.69, 9.17) is 5.14 Å². The van der Waals surface area contributed by atoms with Gasteiger partial charge in [-0.1, -0.05) is 0 Å². The van der Waals surface area contributed by atoms with E-state index in [1.165, 1.54) is 0 Å². The second kappa shape index (κ2) is 5.06. The molecule has 0 heterocycles. The van der Waals surface area contributed by atoms with Gasteiger partial charge in [0.2, 0.25) is 10.0 Å². The maximum atomic E-state index is 13.6. The van der Waals surface area contributed by atoms with Crippen molar-refractivity contribution in [3.63, 3.8) is 0 Å². The third-order valence-electron chi connectivity index (χ3n) is 3.85. The number of hydrogen-bond donors (Lipinski definition) is 1. The normalized spacial score (nSPS) is 18.6. The van der Waals surface area contributed by atoms with Crippen molar-refractivity contribution in [2.75, 3.05) is 6.54 Å². The van der Waals surface area contributed by atoms with Gasteiger partial charge in [0.05, 0.1) is 4.90 Å². The predicted octanol–water partition coefficient (Wildman–Crippen LogP) is 1.49. The van der Waals surface area contributed by atoms with Crippen LogP contribution in [0.2, 0.25) is 0 Å². The molecule has 0 radical (unpaired) electrons. The number of nitrogens with two attached hydrogens (primary N) is 1. The SMILES string of the molecule is NS(=O)(=O)c1cc(F)cc(C(=O)N(CC2CC2)C2CC2)c1. The van der Waals surface area contributed by atoms with Crippen LogP contribution in [0.4, 0.5) is 4.39 Å². The van der Waals surface area contributed by atoms with Gasteiger partial charge in [-0.05, 0) is 49.8 Å². The molecule has 114 valence electrons. The summed E-state index contributed by atoms with van der Waals surface area (Å²) < 4.78 is 36.3. The van der Waals surface area contributed by atoms with E-state index in [1.807, 2.05) is 0 Å². The van der Waals surface area contributed by atoms with Gasteiger partial charge < -0.3 is 4.90 Å². The molecule has 1 aromatic carbocycles. The van der Waals surface area contributed by atoms with Crippen LogP contribution >= 0.6 is 0 Å². The number of amides is 1. The van der Waals surface area contributed by atoms with Crippen molar-refractivity contribution in [3.8, 4) is 0 Å². The molecule has 5 nitrogen and oxygen atoms in total. The zero-order valence-electron chi connectivity index (χ0n) is 11.5. The van der Waals surface area contributed by atoms with E-state index >= 15 is 0 Å². The van der Waals surface area contributed by atoms with Crippen molar-refractivity contribution in [1.29, 1.82) is 0 Å². The van der Waals surface area contributed by atoms with Crippen LogP contribution in [0.15, 0.2) is 23.1 Å². The summed E-state index contributed by atoms with van der Waals surface area (Å²) in [6, 6.07) is 3.26. The molecule has 0 atom stereocenters. The summed E-state index contributed by atoms with van der Waals surface area (Å²) in [7, 11) is -4.03. The number of carbonyl (C=O) groups excluding carboxylic acids is 1. The van der Waals surface area contributed by atoms with E-state index in [0.717, 1.165) is 43.9 Å². The van der Waals surface area contributed by atoms with Crippen molar-refractivity contribution in [2.24, 2.45) is 11.1 Å². The van der Waals surface area contributed by atoms with Gasteiger partial charge in [-0.3, -0.25) is 4.79 Å². The summed E-state index contributed by atoms with van der Waals surface area (Å²) in [5.74, 6) is -0.554. The van der Waals surface area contributed by atoms with E-state index in [2.05, 4.69) is 0 Å². The van der Waals surface area contributed by atoms with Gasteiger partial charge in [-0.25, -0.2) is 17.9 Å². The fourth-order valence-electron chi connectivity index (χ4n) is 2.38. The van der Waals surface area contributed by atoms with Crippen molar-refractivity contribution < 1.29 is 17.6 Å². The van der Waals surface area contributed by atoms with Crippen LogP contribution in [0.5, 0.6) is 0 Å². The van der Waals surface area contributed by atoms with Crippen molar-refractivity contribution in [2.45, 2.75) is 36.6 Å². The molecule has 0 saturated heterocycles.